The van der Waals surface area contributed by atoms with Crippen molar-refractivity contribution in [2.75, 3.05) is 5.75 Å². The first kappa shape index (κ1) is 30.8. The van der Waals surface area contributed by atoms with E-state index < -0.39 is 32.9 Å². The van der Waals surface area contributed by atoms with E-state index in [0.717, 1.165) is 6.07 Å². The van der Waals surface area contributed by atoms with Crippen LogP contribution in [0.15, 0.2) is 46.6 Å². The van der Waals surface area contributed by atoms with Gasteiger partial charge >= 0.3 is 6.18 Å². The van der Waals surface area contributed by atoms with Crippen LogP contribution in [0.2, 0.25) is 0 Å². The average molecular weight is 580 g/mol. The summed E-state index contributed by atoms with van der Waals surface area (Å²) in [5, 5.41) is 14.7. The van der Waals surface area contributed by atoms with Crippen molar-refractivity contribution in [1.29, 1.82) is 0 Å². The van der Waals surface area contributed by atoms with E-state index in [4.69, 9.17) is 5.21 Å². The maximum atomic E-state index is 14.0. The molecule has 0 spiro atoms. The number of nitrogens with one attached hydrogen (secondary N) is 1. The van der Waals surface area contributed by atoms with E-state index in [1.165, 1.54) is 44.3 Å². The zero-order valence-electron chi connectivity index (χ0n) is 23.1. The lowest BCUT2D eigenvalue weighted by atomic mass is 9.95. The van der Waals surface area contributed by atoms with Gasteiger partial charge < -0.3 is 15.1 Å². The Bertz CT molecular complexity index is 1540. The summed E-state index contributed by atoms with van der Waals surface area (Å²) in [7, 11) is -3.41. The summed E-state index contributed by atoms with van der Waals surface area (Å²) in [4.78, 5) is 21.8. The minimum atomic E-state index is -4.67. The highest BCUT2D eigenvalue weighted by atomic mass is 32.2. The van der Waals surface area contributed by atoms with E-state index in [-0.39, 0.29) is 46.3 Å². The number of imidazole rings is 1. The second-order valence-corrected chi connectivity index (χ2v) is 12.6. The third-order valence-corrected chi connectivity index (χ3v) is 8.10. The summed E-state index contributed by atoms with van der Waals surface area (Å²) < 4.78 is 67.6. The Morgan fingerprint density at radius 3 is 2.35 bits per heavy atom. The zero-order valence-corrected chi connectivity index (χ0v) is 23.9. The fraction of sp³-hybridized carbons (Fsp3) is 0.407. The third kappa shape index (κ3) is 6.69. The number of benzene rings is 1. The molecule has 0 saturated heterocycles. The van der Waals surface area contributed by atoms with E-state index in [1.807, 2.05) is 20.8 Å². The summed E-state index contributed by atoms with van der Waals surface area (Å²) in [6.45, 7) is 9.88. The Morgan fingerprint density at radius 1 is 1.15 bits per heavy atom. The number of amides is 1. The van der Waals surface area contributed by atoms with E-state index in [1.54, 1.807) is 11.5 Å². The van der Waals surface area contributed by atoms with Gasteiger partial charge in [-0.05, 0) is 43.2 Å². The van der Waals surface area contributed by atoms with Gasteiger partial charge in [0.05, 0.1) is 34.2 Å². The number of nitrogens with zero attached hydrogens (tertiary/aromatic N) is 4. The van der Waals surface area contributed by atoms with Crippen molar-refractivity contribution in [3.63, 3.8) is 0 Å². The van der Waals surface area contributed by atoms with Crippen LogP contribution in [-0.4, -0.2) is 45.5 Å². The minimum Gasteiger partial charge on any atom is -0.411 e. The van der Waals surface area contributed by atoms with Crippen LogP contribution >= 0.6 is 0 Å². The highest BCUT2D eigenvalue weighted by molar-refractivity contribution is 7.91. The quantitative estimate of drug-likeness (QED) is 0.223. The van der Waals surface area contributed by atoms with Gasteiger partial charge in [-0.1, -0.05) is 45.0 Å². The Hall–Kier alpha value is -3.74. The molecule has 1 aromatic carbocycles. The fourth-order valence-corrected chi connectivity index (χ4v) is 4.89. The molecule has 216 valence electrons. The number of sulfone groups is 1. The standard InChI is InChI=1S/C27H32F3N5O4S/c1-7-40(38,39)21-11-10-20(31-14-21)13-32-24(36)23-17(3)35(25(33-23)26(4,5)6)15-19-9-8-18(16(2)34-37)12-22(19)27(28,29)30/h8-12,14,37H,7,13,15H2,1-6H3,(H,32,36)/b34-16-. The molecule has 0 aliphatic rings. The molecule has 0 aliphatic heterocycles. The number of hydrogen-bond donors (Lipinski definition) is 2. The molecule has 0 aliphatic carbocycles. The summed E-state index contributed by atoms with van der Waals surface area (Å²) >= 11 is 0. The molecule has 0 saturated carbocycles. The van der Waals surface area contributed by atoms with Crippen molar-refractivity contribution < 1.29 is 31.6 Å². The van der Waals surface area contributed by atoms with Crippen molar-refractivity contribution in [1.82, 2.24) is 19.9 Å². The lowest BCUT2D eigenvalue weighted by Gasteiger charge is -2.22. The first-order valence-electron chi connectivity index (χ1n) is 12.4. The van der Waals surface area contributed by atoms with Crippen LogP contribution in [0.1, 0.15) is 79.0 Å². The average Bonchev–Trinajstić information content (AvgIpc) is 3.23. The second-order valence-electron chi connectivity index (χ2n) is 10.3. The largest absolute Gasteiger partial charge is 0.416 e. The summed E-state index contributed by atoms with van der Waals surface area (Å²) in [6, 6.07) is 6.63. The molecule has 3 aromatic rings. The van der Waals surface area contributed by atoms with Crippen LogP contribution in [0.3, 0.4) is 0 Å². The highest BCUT2D eigenvalue weighted by Gasteiger charge is 2.35. The molecule has 2 N–H and O–H groups in total. The van der Waals surface area contributed by atoms with Gasteiger partial charge in [-0.3, -0.25) is 9.78 Å². The molecule has 9 nitrogen and oxygen atoms in total. The monoisotopic (exact) mass is 579 g/mol. The van der Waals surface area contributed by atoms with Gasteiger partial charge in [0.25, 0.3) is 5.91 Å². The molecular formula is C27H32F3N5O4S. The van der Waals surface area contributed by atoms with Crippen molar-refractivity contribution in [2.24, 2.45) is 5.16 Å². The van der Waals surface area contributed by atoms with Crippen LogP contribution in [-0.2, 0) is 34.5 Å². The van der Waals surface area contributed by atoms with Crippen LogP contribution in [0.5, 0.6) is 0 Å². The molecule has 1 amide bonds. The van der Waals surface area contributed by atoms with Gasteiger partial charge in [0, 0.05) is 23.9 Å². The highest BCUT2D eigenvalue weighted by Crippen LogP contribution is 2.34. The Labute approximate surface area is 231 Å². The van der Waals surface area contributed by atoms with Gasteiger partial charge in [0.1, 0.15) is 11.5 Å². The Kier molecular flexibility index (Phi) is 8.77. The zero-order chi connectivity index (χ0) is 30.0. The van der Waals surface area contributed by atoms with Gasteiger partial charge in [-0.25, -0.2) is 13.4 Å². The molecule has 2 aromatic heterocycles. The first-order chi connectivity index (χ1) is 18.5. The minimum absolute atomic E-state index is 0.00607. The third-order valence-electron chi connectivity index (χ3n) is 6.39. The number of oxime groups is 1. The fourth-order valence-electron chi connectivity index (χ4n) is 4.07. The van der Waals surface area contributed by atoms with Crippen LogP contribution in [0.4, 0.5) is 13.2 Å². The molecule has 2 heterocycles. The van der Waals surface area contributed by atoms with E-state index in [0.29, 0.717) is 17.2 Å². The number of carbonyl (C=O) groups is 1. The number of aromatic nitrogens is 3. The lowest BCUT2D eigenvalue weighted by molar-refractivity contribution is -0.138. The maximum absolute atomic E-state index is 14.0. The number of alkyl halides is 3. The topological polar surface area (TPSA) is 127 Å². The molecule has 0 radical (unpaired) electrons. The van der Waals surface area contributed by atoms with Gasteiger partial charge in [0.2, 0.25) is 0 Å². The lowest BCUT2D eigenvalue weighted by Crippen LogP contribution is -2.24. The molecule has 3 rings (SSSR count). The van der Waals surface area contributed by atoms with Gasteiger partial charge in [-0.15, -0.1) is 0 Å². The molecule has 13 heteroatoms. The number of carbonyl (C=O) groups excluding carboxylic acids is 1. The molecule has 0 fully saturated rings. The predicted molar refractivity (Wildman–Crippen MR) is 143 cm³/mol. The van der Waals surface area contributed by atoms with Crippen molar-refractivity contribution >= 4 is 21.5 Å². The Balaban J connectivity index is 1.95. The number of hydrogen-bond acceptors (Lipinski definition) is 7. The van der Waals surface area contributed by atoms with Gasteiger partial charge in [-0.2, -0.15) is 13.2 Å². The SMILES string of the molecule is CCS(=O)(=O)c1ccc(CNC(=O)c2nc(C(C)(C)C)n(Cc3ccc(/C(C)=N\O)cc3C(F)(F)F)c2C)nc1. The number of halogens is 3. The molecule has 0 unspecified atom stereocenters. The summed E-state index contributed by atoms with van der Waals surface area (Å²) in [5.41, 5.74) is -0.490. The van der Waals surface area contributed by atoms with E-state index in [2.05, 4.69) is 20.4 Å². The van der Waals surface area contributed by atoms with Crippen LogP contribution < -0.4 is 5.32 Å². The molecule has 0 bridgehead atoms. The molecule has 40 heavy (non-hydrogen) atoms. The van der Waals surface area contributed by atoms with E-state index >= 15 is 0 Å². The maximum Gasteiger partial charge on any atom is 0.416 e. The first-order valence-corrected chi connectivity index (χ1v) is 14.1. The molecule has 0 atom stereocenters. The van der Waals surface area contributed by atoms with Crippen molar-refractivity contribution in [3.05, 3.63) is 76.1 Å². The summed E-state index contributed by atoms with van der Waals surface area (Å²) in [5.74, 6) is -0.184. The number of pyridine rings is 1. The normalized spacial score (nSPS) is 13.0. The Morgan fingerprint density at radius 2 is 1.82 bits per heavy atom. The predicted octanol–water partition coefficient (Wildman–Crippen LogP) is 4.87. The smallest absolute Gasteiger partial charge is 0.411 e. The van der Waals surface area contributed by atoms with Crippen molar-refractivity contribution in [2.45, 2.75) is 71.1 Å². The van der Waals surface area contributed by atoms with Crippen molar-refractivity contribution in [3.8, 4) is 0 Å². The second kappa shape index (κ2) is 11.4. The van der Waals surface area contributed by atoms with E-state index in [9.17, 15) is 26.4 Å². The van der Waals surface area contributed by atoms with Gasteiger partial charge in [0.15, 0.2) is 9.84 Å². The number of rotatable bonds is 8. The van der Waals surface area contributed by atoms with Crippen LogP contribution in [0, 0.1) is 6.92 Å². The van der Waals surface area contributed by atoms with Crippen LogP contribution in [0.25, 0.3) is 0 Å². The summed E-state index contributed by atoms with van der Waals surface area (Å²) in [6.07, 6.45) is -3.44. The molecular weight excluding hydrogens is 547 g/mol.